The van der Waals surface area contributed by atoms with Crippen LogP contribution in [-0.4, -0.2) is 18.9 Å². The van der Waals surface area contributed by atoms with Crippen LogP contribution in [0.4, 0.5) is 10.7 Å². The fourth-order valence-corrected chi connectivity index (χ4v) is 4.04. The Kier molecular flexibility index (Phi) is 5.51. The summed E-state index contributed by atoms with van der Waals surface area (Å²) in [5.41, 5.74) is 6.60. The van der Waals surface area contributed by atoms with Gasteiger partial charge in [-0.3, -0.25) is 4.79 Å². The van der Waals surface area contributed by atoms with Gasteiger partial charge < -0.3 is 15.8 Å². The number of nitrogen functional groups attached to an aromatic ring is 1. The van der Waals surface area contributed by atoms with E-state index in [-0.39, 0.29) is 11.7 Å². The van der Waals surface area contributed by atoms with Gasteiger partial charge in [0.05, 0.1) is 17.7 Å². The zero-order valence-electron chi connectivity index (χ0n) is 13.2. The first-order chi connectivity index (χ1) is 10.0. The molecule has 0 unspecified atom stereocenters. The van der Waals surface area contributed by atoms with E-state index in [9.17, 15) is 4.79 Å². The van der Waals surface area contributed by atoms with Crippen LogP contribution in [0.2, 0.25) is 0 Å². The highest BCUT2D eigenvalue weighted by atomic mass is 32.1. The van der Waals surface area contributed by atoms with E-state index in [0.29, 0.717) is 22.4 Å². The fraction of sp³-hybridized carbons (Fsp3) is 0.688. The van der Waals surface area contributed by atoms with Crippen LogP contribution in [0.15, 0.2) is 0 Å². The van der Waals surface area contributed by atoms with Crippen molar-refractivity contribution in [3.63, 3.8) is 0 Å². The summed E-state index contributed by atoms with van der Waals surface area (Å²) in [5, 5.41) is 4.46. The van der Waals surface area contributed by atoms with E-state index in [1.54, 1.807) is 7.11 Å². The Morgan fingerprint density at radius 2 is 1.90 bits per heavy atom. The van der Waals surface area contributed by atoms with Gasteiger partial charge in [-0.25, -0.2) is 0 Å². The number of rotatable bonds is 5. The molecule has 0 radical (unpaired) electrons. The number of nitrogens with two attached hydrogens (primary N) is 1. The predicted octanol–water partition coefficient (Wildman–Crippen LogP) is 4.31. The summed E-state index contributed by atoms with van der Waals surface area (Å²) in [6.45, 7) is 3.79. The van der Waals surface area contributed by atoms with Crippen molar-refractivity contribution in [3.05, 3.63) is 4.88 Å². The molecule has 1 aliphatic carbocycles. The lowest BCUT2D eigenvalue weighted by Crippen LogP contribution is -2.17. The van der Waals surface area contributed by atoms with Crippen molar-refractivity contribution >= 4 is 27.8 Å². The minimum atomic E-state index is -0.0543. The third-order valence-electron chi connectivity index (χ3n) is 4.04. The zero-order valence-corrected chi connectivity index (χ0v) is 14.0. The highest BCUT2D eigenvalue weighted by Crippen LogP contribution is 2.44. The standard InChI is InChI=1S/C16H26N2O2S/c1-10(2)13(19)15-12(17)14(20-3)16(21-15)18-11-8-6-4-5-7-9-11/h10-11,18H,4-9,17H2,1-3H3. The van der Waals surface area contributed by atoms with Crippen molar-refractivity contribution in [1.29, 1.82) is 0 Å². The number of anilines is 2. The van der Waals surface area contributed by atoms with Gasteiger partial charge in [0.2, 0.25) is 0 Å². The molecule has 0 amide bonds. The van der Waals surface area contributed by atoms with E-state index in [0.717, 1.165) is 5.00 Å². The molecule has 0 atom stereocenters. The van der Waals surface area contributed by atoms with E-state index >= 15 is 0 Å². The first-order valence-electron chi connectivity index (χ1n) is 7.81. The largest absolute Gasteiger partial charge is 0.492 e. The van der Waals surface area contributed by atoms with Gasteiger partial charge in [0, 0.05) is 12.0 Å². The SMILES string of the molecule is COc1c(NC2CCCCCC2)sc(C(=O)C(C)C)c1N. The summed E-state index contributed by atoms with van der Waals surface area (Å²) in [6, 6.07) is 0.460. The van der Waals surface area contributed by atoms with Crippen molar-refractivity contribution < 1.29 is 9.53 Å². The second-order valence-electron chi connectivity index (χ2n) is 6.06. The number of hydrogen-bond donors (Lipinski definition) is 2. The smallest absolute Gasteiger partial charge is 0.177 e. The van der Waals surface area contributed by atoms with Crippen LogP contribution < -0.4 is 15.8 Å². The summed E-state index contributed by atoms with van der Waals surface area (Å²) in [6.07, 6.45) is 7.51. The van der Waals surface area contributed by atoms with Crippen LogP contribution in [0.1, 0.15) is 62.0 Å². The summed E-state index contributed by atoms with van der Waals surface area (Å²) >= 11 is 1.44. The number of carbonyl (C=O) groups excluding carboxylic acids is 1. The third-order valence-corrected chi connectivity index (χ3v) is 5.17. The fourth-order valence-electron chi connectivity index (χ4n) is 2.78. The Bertz CT molecular complexity index is 489. The maximum absolute atomic E-state index is 12.2. The minimum Gasteiger partial charge on any atom is -0.492 e. The monoisotopic (exact) mass is 310 g/mol. The number of methoxy groups -OCH3 is 1. The van der Waals surface area contributed by atoms with Gasteiger partial charge in [0.1, 0.15) is 5.00 Å². The van der Waals surface area contributed by atoms with Crippen LogP contribution in [0.5, 0.6) is 5.75 Å². The molecular weight excluding hydrogens is 284 g/mol. The van der Waals surface area contributed by atoms with E-state index in [4.69, 9.17) is 10.5 Å². The highest BCUT2D eigenvalue weighted by molar-refractivity contribution is 7.19. The van der Waals surface area contributed by atoms with Crippen molar-refractivity contribution in [2.45, 2.75) is 58.4 Å². The molecule has 0 bridgehead atoms. The van der Waals surface area contributed by atoms with Crippen molar-refractivity contribution in [2.75, 3.05) is 18.2 Å². The molecule has 4 nitrogen and oxygen atoms in total. The number of nitrogens with one attached hydrogen (secondary N) is 1. The summed E-state index contributed by atoms with van der Waals surface area (Å²) in [7, 11) is 1.61. The van der Waals surface area contributed by atoms with Crippen LogP contribution >= 0.6 is 11.3 Å². The molecule has 1 saturated carbocycles. The molecule has 1 aliphatic rings. The average Bonchev–Trinajstić information content (AvgIpc) is 2.64. The molecule has 5 heteroatoms. The molecule has 2 rings (SSSR count). The van der Waals surface area contributed by atoms with Crippen LogP contribution in [0.25, 0.3) is 0 Å². The average molecular weight is 310 g/mol. The van der Waals surface area contributed by atoms with E-state index in [1.807, 2.05) is 13.8 Å². The van der Waals surface area contributed by atoms with Gasteiger partial charge in [-0.1, -0.05) is 39.5 Å². The Labute approximate surface area is 131 Å². The summed E-state index contributed by atoms with van der Waals surface area (Å²) in [4.78, 5) is 12.9. The lowest BCUT2D eigenvalue weighted by molar-refractivity contribution is 0.0944. The Morgan fingerprint density at radius 3 is 2.43 bits per heavy atom. The highest BCUT2D eigenvalue weighted by Gasteiger charge is 2.25. The van der Waals surface area contributed by atoms with Crippen LogP contribution in [0.3, 0.4) is 0 Å². The molecule has 1 aromatic heterocycles. The molecule has 118 valence electrons. The van der Waals surface area contributed by atoms with Gasteiger partial charge in [-0.05, 0) is 12.8 Å². The molecule has 0 spiro atoms. The first kappa shape index (κ1) is 16.1. The van der Waals surface area contributed by atoms with Crippen molar-refractivity contribution in [2.24, 2.45) is 5.92 Å². The van der Waals surface area contributed by atoms with Gasteiger partial charge in [0.15, 0.2) is 11.5 Å². The summed E-state index contributed by atoms with van der Waals surface area (Å²) in [5.74, 6) is 0.666. The quantitative estimate of drug-likeness (QED) is 0.628. The Hall–Kier alpha value is -1.23. The first-order valence-corrected chi connectivity index (χ1v) is 8.63. The van der Waals surface area contributed by atoms with Crippen molar-refractivity contribution in [1.82, 2.24) is 0 Å². The number of hydrogen-bond acceptors (Lipinski definition) is 5. The maximum atomic E-state index is 12.2. The lowest BCUT2D eigenvalue weighted by Gasteiger charge is -2.17. The lowest BCUT2D eigenvalue weighted by atomic mass is 10.1. The van der Waals surface area contributed by atoms with Crippen LogP contribution in [-0.2, 0) is 0 Å². The molecule has 0 saturated heterocycles. The Morgan fingerprint density at radius 1 is 1.29 bits per heavy atom. The number of ether oxygens (including phenoxy) is 1. The third kappa shape index (κ3) is 3.70. The van der Waals surface area contributed by atoms with E-state index < -0.39 is 0 Å². The van der Waals surface area contributed by atoms with E-state index in [1.165, 1.54) is 49.9 Å². The van der Waals surface area contributed by atoms with Gasteiger partial charge in [0.25, 0.3) is 0 Å². The minimum absolute atomic E-state index is 0.0543. The second kappa shape index (κ2) is 7.16. The number of ketones is 1. The molecule has 3 N–H and O–H groups in total. The number of Topliss-reactive ketones (excluding diaryl/α,β-unsaturated/α-hetero) is 1. The topological polar surface area (TPSA) is 64.3 Å². The summed E-state index contributed by atoms with van der Waals surface area (Å²) < 4.78 is 5.43. The van der Waals surface area contributed by atoms with Gasteiger partial charge >= 0.3 is 0 Å². The zero-order chi connectivity index (χ0) is 15.4. The molecular formula is C16H26N2O2S. The molecule has 1 aromatic rings. The molecule has 1 heterocycles. The normalized spacial score (nSPS) is 16.8. The second-order valence-corrected chi connectivity index (χ2v) is 7.08. The predicted molar refractivity (Wildman–Crippen MR) is 89.6 cm³/mol. The number of carbonyl (C=O) groups is 1. The van der Waals surface area contributed by atoms with Crippen molar-refractivity contribution in [3.8, 4) is 5.75 Å². The molecule has 21 heavy (non-hydrogen) atoms. The van der Waals surface area contributed by atoms with Crippen LogP contribution in [0, 0.1) is 5.92 Å². The van der Waals surface area contributed by atoms with Gasteiger partial charge in [-0.2, -0.15) is 0 Å². The maximum Gasteiger partial charge on any atom is 0.177 e. The molecule has 0 aliphatic heterocycles. The molecule has 1 fully saturated rings. The number of thiophene rings is 1. The van der Waals surface area contributed by atoms with Gasteiger partial charge in [-0.15, -0.1) is 11.3 Å². The molecule has 0 aromatic carbocycles. The van der Waals surface area contributed by atoms with E-state index in [2.05, 4.69) is 5.32 Å². The Balaban J connectivity index is 2.22.